The number of carbonyl (C=O) groups is 1. The predicted molar refractivity (Wildman–Crippen MR) is 113 cm³/mol. The summed E-state index contributed by atoms with van der Waals surface area (Å²) in [4.78, 5) is 16.7. The number of nitrogens with zero attached hydrogens (tertiary/aromatic N) is 1. The number of pyridine rings is 1. The van der Waals surface area contributed by atoms with Crippen molar-refractivity contribution in [2.75, 3.05) is 11.9 Å². The Hall–Kier alpha value is -3.08. The van der Waals surface area contributed by atoms with Crippen LogP contribution in [0, 0.1) is 27.7 Å². The average Bonchev–Trinajstić information content (AvgIpc) is 2.92. The van der Waals surface area contributed by atoms with Crippen LogP contribution in [-0.2, 0) is 4.79 Å². The standard InChI is InChI=1S/C23H26N2O3/c1-7-27-22-16(5)23-19(15(4)17(6)28-23)12-18(22)14(3)11-21(26)25-20-10-13(2)8-9-24-20/h8-12H,7H2,1-6H3,(H,24,25,26)/b14-11+. The monoisotopic (exact) mass is 378 g/mol. The molecule has 0 atom stereocenters. The molecule has 0 fully saturated rings. The first-order valence-corrected chi connectivity index (χ1v) is 9.40. The van der Waals surface area contributed by atoms with Gasteiger partial charge in [-0.3, -0.25) is 4.79 Å². The zero-order chi connectivity index (χ0) is 20.4. The fourth-order valence-corrected chi connectivity index (χ4v) is 3.28. The second-order valence-corrected chi connectivity index (χ2v) is 7.01. The van der Waals surface area contributed by atoms with Gasteiger partial charge in [-0.25, -0.2) is 4.98 Å². The number of benzene rings is 1. The van der Waals surface area contributed by atoms with Crippen molar-refractivity contribution in [1.82, 2.24) is 4.98 Å². The number of allylic oxidation sites excluding steroid dienone is 1. The lowest BCUT2D eigenvalue weighted by Gasteiger charge is -2.14. The van der Waals surface area contributed by atoms with Gasteiger partial charge in [-0.1, -0.05) is 0 Å². The summed E-state index contributed by atoms with van der Waals surface area (Å²) in [5, 5.41) is 3.86. The van der Waals surface area contributed by atoms with E-state index in [0.717, 1.165) is 50.3 Å². The van der Waals surface area contributed by atoms with Crippen LogP contribution in [0.15, 0.2) is 34.9 Å². The maximum absolute atomic E-state index is 12.5. The Labute approximate surface area is 165 Å². The molecule has 0 aliphatic carbocycles. The number of aryl methyl sites for hydroxylation is 4. The third-order valence-corrected chi connectivity index (χ3v) is 4.87. The van der Waals surface area contributed by atoms with E-state index in [-0.39, 0.29) is 5.91 Å². The quantitative estimate of drug-likeness (QED) is 0.595. The molecule has 3 rings (SSSR count). The van der Waals surface area contributed by atoms with Gasteiger partial charge in [0.15, 0.2) is 0 Å². The van der Waals surface area contributed by atoms with Crippen molar-refractivity contribution >= 4 is 28.3 Å². The van der Waals surface area contributed by atoms with Crippen molar-refractivity contribution in [3.8, 4) is 5.75 Å². The molecule has 0 saturated carbocycles. The fraction of sp³-hybridized carbons (Fsp3) is 0.304. The molecule has 5 nitrogen and oxygen atoms in total. The summed E-state index contributed by atoms with van der Waals surface area (Å²) in [6.07, 6.45) is 3.26. The van der Waals surface area contributed by atoms with Gasteiger partial charge in [-0.2, -0.15) is 0 Å². The Morgan fingerprint density at radius 1 is 1.21 bits per heavy atom. The third-order valence-electron chi connectivity index (χ3n) is 4.87. The lowest BCUT2D eigenvalue weighted by molar-refractivity contribution is -0.111. The van der Waals surface area contributed by atoms with Crippen LogP contribution in [0.2, 0.25) is 0 Å². The number of anilines is 1. The second-order valence-electron chi connectivity index (χ2n) is 7.01. The number of carbonyl (C=O) groups excluding carboxylic acids is 1. The van der Waals surface area contributed by atoms with Gasteiger partial charge in [0.1, 0.15) is 22.9 Å². The molecule has 3 aromatic rings. The Morgan fingerprint density at radius 3 is 2.64 bits per heavy atom. The molecule has 146 valence electrons. The maximum atomic E-state index is 12.5. The smallest absolute Gasteiger partial charge is 0.249 e. The van der Waals surface area contributed by atoms with Crippen LogP contribution < -0.4 is 10.1 Å². The number of ether oxygens (including phenoxy) is 1. The Balaban J connectivity index is 2.02. The molecular weight excluding hydrogens is 352 g/mol. The number of nitrogens with one attached hydrogen (secondary N) is 1. The highest BCUT2D eigenvalue weighted by molar-refractivity contribution is 6.04. The molecule has 2 heterocycles. The summed E-state index contributed by atoms with van der Waals surface area (Å²) in [5.74, 6) is 1.95. The molecule has 0 saturated heterocycles. The molecule has 5 heteroatoms. The molecular formula is C23H26N2O3. The van der Waals surface area contributed by atoms with Gasteiger partial charge in [0, 0.05) is 28.8 Å². The number of rotatable bonds is 5. The van der Waals surface area contributed by atoms with Gasteiger partial charge in [0.25, 0.3) is 0 Å². The molecule has 0 bridgehead atoms. The Kier molecular flexibility index (Phi) is 5.54. The number of hydrogen-bond acceptors (Lipinski definition) is 4. The van der Waals surface area contributed by atoms with Crippen LogP contribution in [-0.4, -0.2) is 17.5 Å². The van der Waals surface area contributed by atoms with Crippen LogP contribution in [0.4, 0.5) is 5.82 Å². The van der Waals surface area contributed by atoms with Crippen LogP contribution in [0.25, 0.3) is 16.5 Å². The van der Waals surface area contributed by atoms with Gasteiger partial charge in [0.2, 0.25) is 5.91 Å². The van der Waals surface area contributed by atoms with E-state index < -0.39 is 0 Å². The summed E-state index contributed by atoms with van der Waals surface area (Å²) >= 11 is 0. The molecule has 0 radical (unpaired) electrons. The van der Waals surface area contributed by atoms with Crippen molar-refractivity contribution in [2.45, 2.75) is 41.5 Å². The number of fused-ring (bicyclic) bond motifs is 1. The topological polar surface area (TPSA) is 64.4 Å². The highest BCUT2D eigenvalue weighted by Gasteiger charge is 2.18. The van der Waals surface area contributed by atoms with E-state index in [9.17, 15) is 4.79 Å². The van der Waals surface area contributed by atoms with E-state index >= 15 is 0 Å². The summed E-state index contributed by atoms with van der Waals surface area (Å²) in [6.45, 7) is 12.3. The SMILES string of the molecule is CCOc1c(/C(C)=C/C(=O)Nc2cc(C)ccn2)cc2c(C)c(C)oc2c1C. The Bertz CT molecular complexity index is 1080. The summed E-state index contributed by atoms with van der Waals surface area (Å²) < 4.78 is 11.9. The highest BCUT2D eigenvalue weighted by Crippen LogP contribution is 2.38. The minimum absolute atomic E-state index is 0.226. The van der Waals surface area contributed by atoms with Crippen LogP contribution in [0.5, 0.6) is 5.75 Å². The minimum Gasteiger partial charge on any atom is -0.493 e. The lowest BCUT2D eigenvalue weighted by Crippen LogP contribution is -2.10. The van der Waals surface area contributed by atoms with Gasteiger partial charge in [0.05, 0.1) is 6.61 Å². The van der Waals surface area contributed by atoms with Gasteiger partial charge < -0.3 is 14.5 Å². The number of hydrogen-bond donors (Lipinski definition) is 1. The van der Waals surface area contributed by atoms with Crippen molar-refractivity contribution in [1.29, 1.82) is 0 Å². The van der Waals surface area contributed by atoms with Crippen molar-refractivity contribution in [3.63, 3.8) is 0 Å². The van der Waals surface area contributed by atoms with E-state index in [2.05, 4.69) is 10.3 Å². The lowest BCUT2D eigenvalue weighted by atomic mass is 9.98. The largest absolute Gasteiger partial charge is 0.493 e. The third kappa shape index (κ3) is 3.79. The second kappa shape index (κ2) is 7.89. The summed E-state index contributed by atoms with van der Waals surface area (Å²) in [5.41, 5.74) is 5.63. The summed E-state index contributed by atoms with van der Waals surface area (Å²) in [7, 11) is 0. The van der Waals surface area contributed by atoms with Gasteiger partial charge in [-0.15, -0.1) is 0 Å². The fourth-order valence-electron chi connectivity index (χ4n) is 3.28. The molecule has 0 aliphatic heterocycles. The van der Waals surface area contributed by atoms with E-state index in [1.807, 2.05) is 59.7 Å². The average molecular weight is 378 g/mol. The molecule has 1 aromatic carbocycles. The molecule has 1 N–H and O–H groups in total. The first-order valence-electron chi connectivity index (χ1n) is 9.40. The molecule has 0 spiro atoms. The summed E-state index contributed by atoms with van der Waals surface area (Å²) in [6, 6.07) is 5.77. The Morgan fingerprint density at radius 2 is 1.96 bits per heavy atom. The van der Waals surface area contributed by atoms with Crippen molar-refractivity contribution < 1.29 is 13.9 Å². The first kappa shape index (κ1) is 19.7. The van der Waals surface area contributed by atoms with E-state index in [0.29, 0.717) is 12.4 Å². The van der Waals surface area contributed by atoms with Gasteiger partial charge >= 0.3 is 0 Å². The molecule has 0 unspecified atom stereocenters. The van der Waals surface area contributed by atoms with E-state index in [1.165, 1.54) is 0 Å². The van der Waals surface area contributed by atoms with Gasteiger partial charge in [-0.05, 0) is 76.4 Å². The van der Waals surface area contributed by atoms with E-state index in [4.69, 9.17) is 9.15 Å². The first-order chi connectivity index (χ1) is 13.3. The molecule has 2 aromatic heterocycles. The van der Waals surface area contributed by atoms with Crippen LogP contribution in [0.1, 0.15) is 41.9 Å². The zero-order valence-electron chi connectivity index (χ0n) is 17.3. The molecule has 0 aliphatic rings. The normalized spacial score (nSPS) is 11.7. The van der Waals surface area contributed by atoms with Crippen molar-refractivity contribution in [3.05, 3.63) is 58.5 Å². The predicted octanol–water partition coefficient (Wildman–Crippen LogP) is 5.50. The van der Waals surface area contributed by atoms with E-state index in [1.54, 1.807) is 12.3 Å². The number of aromatic nitrogens is 1. The molecule has 1 amide bonds. The number of amides is 1. The van der Waals surface area contributed by atoms with Crippen molar-refractivity contribution in [2.24, 2.45) is 0 Å². The molecule has 28 heavy (non-hydrogen) atoms. The van der Waals surface area contributed by atoms with Crippen LogP contribution >= 0.6 is 0 Å². The van der Waals surface area contributed by atoms with Crippen LogP contribution in [0.3, 0.4) is 0 Å². The zero-order valence-corrected chi connectivity index (χ0v) is 17.3. The number of furan rings is 1. The minimum atomic E-state index is -0.226. The highest BCUT2D eigenvalue weighted by atomic mass is 16.5. The maximum Gasteiger partial charge on any atom is 0.249 e.